The summed E-state index contributed by atoms with van der Waals surface area (Å²) in [5, 5.41) is 6.15. The second-order valence-electron chi connectivity index (χ2n) is 8.23. The molecule has 2 heterocycles. The Morgan fingerprint density at radius 3 is 2.94 bits per heavy atom. The van der Waals surface area contributed by atoms with Gasteiger partial charge in [-0.05, 0) is 42.5 Å². The summed E-state index contributed by atoms with van der Waals surface area (Å²) in [6.07, 6.45) is 4.21. The molecule has 1 aliphatic heterocycles. The minimum absolute atomic E-state index is 0.0443. The Morgan fingerprint density at radius 1 is 1.31 bits per heavy atom. The number of fused-ring (bicyclic) bond motifs is 1. The average molecular weight is 442 g/mol. The molecule has 0 spiro atoms. The predicted molar refractivity (Wildman–Crippen MR) is 117 cm³/mol. The summed E-state index contributed by atoms with van der Waals surface area (Å²) in [7, 11) is 1.38. The number of rotatable bonds is 7. The number of esters is 1. The molecule has 2 atom stereocenters. The molecule has 4 N–H and O–H groups in total. The highest BCUT2D eigenvalue weighted by molar-refractivity contribution is 5.78. The number of amides is 1. The van der Waals surface area contributed by atoms with E-state index in [1.54, 1.807) is 0 Å². The van der Waals surface area contributed by atoms with Crippen molar-refractivity contribution in [1.29, 1.82) is 0 Å². The van der Waals surface area contributed by atoms with Gasteiger partial charge >= 0.3 is 5.97 Å². The Bertz CT molecular complexity index is 1020. The molecule has 10 heteroatoms. The molecule has 2 aromatic rings. The number of ether oxygens (including phenoxy) is 1. The number of primary amides is 1. The molecule has 32 heavy (non-hydrogen) atoms. The van der Waals surface area contributed by atoms with E-state index < -0.39 is 5.82 Å². The van der Waals surface area contributed by atoms with Crippen LogP contribution < -0.4 is 16.4 Å². The van der Waals surface area contributed by atoms with Gasteiger partial charge in [0.15, 0.2) is 11.6 Å². The van der Waals surface area contributed by atoms with Gasteiger partial charge in [0, 0.05) is 24.8 Å². The summed E-state index contributed by atoms with van der Waals surface area (Å²) in [5.41, 5.74) is 8.54. The first-order valence-corrected chi connectivity index (χ1v) is 10.7. The van der Waals surface area contributed by atoms with Gasteiger partial charge in [-0.3, -0.25) is 14.5 Å². The highest BCUT2D eigenvalue weighted by atomic mass is 19.1. The fourth-order valence-electron chi connectivity index (χ4n) is 4.38. The predicted octanol–water partition coefficient (Wildman–Crippen LogP) is 1.96. The van der Waals surface area contributed by atoms with Crippen molar-refractivity contribution >= 4 is 29.3 Å². The summed E-state index contributed by atoms with van der Waals surface area (Å²) in [6, 6.07) is 5.70. The van der Waals surface area contributed by atoms with Crippen LogP contribution in [0.25, 0.3) is 0 Å². The van der Waals surface area contributed by atoms with Crippen molar-refractivity contribution in [1.82, 2.24) is 14.9 Å². The van der Waals surface area contributed by atoms with Gasteiger partial charge in [-0.25, -0.2) is 9.37 Å². The van der Waals surface area contributed by atoms with E-state index in [4.69, 9.17) is 10.5 Å². The number of methoxy groups -OCH3 is 1. The summed E-state index contributed by atoms with van der Waals surface area (Å²) in [6.45, 7) is 1.67. The van der Waals surface area contributed by atoms with E-state index in [-0.39, 0.29) is 42.1 Å². The number of carbonyl (C=O) groups is 2. The summed E-state index contributed by atoms with van der Waals surface area (Å²) in [5.74, 6) is -1.29. The average Bonchev–Trinajstić information content (AvgIpc) is 3.24. The number of hydrogen-bond donors (Lipinski definition) is 3. The molecule has 1 saturated carbocycles. The van der Waals surface area contributed by atoms with Crippen LogP contribution in [0, 0.1) is 11.7 Å². The third kappa shape index (κ3) is 4.96. The molecule has 170 valence electrons. The van der Waals surface area contributed by atoms with Crippen molar-refractivity contribution in [3.63, 3.8) is 0 Å². The molecular formula is C22H27FN6O3. The lowest BCUT2D eigenvalue weighted by atomic mass is 9.99. The van der Waals surface area contributed by atoms with Gasteiger partial charge in [-0.2, -0.15) is 4.98 Å². The smallest absolute Gasteiger partial charge is 0.319 e. The maximum absolute atomic E-state index is 14.3. The van der Waals surface area contributed by atoms with Crippen LogP contribution in [0.5, 0.6) is 0 Å². The normalized spacial score (nSPS) is 20.4. The molecule has 0 radical (unpaired) electrons. The fourth-order valence-corrected chi connectivity index (χ4v) is 4.38. The lowest BCUT2D eigenvalue weighted by Crippen LogP contribution is -2.35. The largest absolute Gasteiger partial charge is 0.468 e. The van der Waals surface area contributed by atoms with Gasteiger partial charge in [-0.15, -0.1) is 0 Å². The van der Waals surface area contributed by atoms with Crippen LogP contribution in [0.1, 0.15) is 30.4 Å². The van der Waals surface area contributed by atoms with Crippen molar-refractivity contribution in [3.05, 3.63) is 41.3 Å². The van der Waals surface area contributed by atoms with Crippen LogP contribution >= 0.6 is 0 Å². The van der Waals surface area contributed by atoms with Crippen molar-refractivity contribution in [2.24, 2.45) is 11.7 Å². The summed E-state index contributed by atoms with van der Waals surface area (Å²) in [4.78, 5) is 33.6. The molecule has 0 bridgehead atoms. The highest BCUT2D eigenvalue weighted by Crippen LogP contribution is 2.29. The van der Waals surface area contributed by atoms with Gasteiger partial charge in [0.25, 0.3) is 0 Å². The van der Waals surface area contributed by atoms with Crippen LogP contribution in [0.15, 0.2) is 24.4 Å². The molecule has 1 aromatic carbocycles. The van der Waals surface area contributed by atoms with E-state index in [1.165, 1.54) is 12.7 Å². The lowest BCUT2D eigenvalue weighted by molar-refractivity contribution is -0.142. The minimum atomic E-state index is -0.588. The Balaban J connectivity index is 1.47. The van der Waals surface area contributed by atoms with Crippen LogP contribution in [-0.4, -0.2) is 53.0 Å². The van der Waals surface area contributed by atoms with E-state index in [0.717, 1.165) is 43.3 Å². The Morgan fingerprint density at radius 2 is 2.16 bits per heavy atom. The first-order chi connectivity index (χ1) is 15.4. The van der Waals surface area contributed by atoms with E-state index >= 15 is 0 Å². The third-order valence-corrected chi connectivity index (χ3v) is 6.08. The number of nitrogens with two attached hydrogens (primary N) is 1. The number of hydrogen-bond acceptors (Lipinski definition) is 8. The zero-order valence-corrected chi connectivity index (χ0v) is 17.9. The maximum atomic E-state index is 14.3. The highest BCUT2D eigenvalue weighted by Gasteiger charge is 2.32. The van der Waals surface area contributed by atoms with E-state index in [9.17, 15) is 14.0 Å². The number of benzene rings is 1. The first kappa shape index (κ1) is 21.9. The van der Waals surface area contributed by atoms with Crippen molar-refractivity contribution in [2.75, 3.05) is 30.8 Å². The minimum Gasteiger partial charge on any atom is -0.468 e. The van der Waals surface area contributed by atoms with Crippen LogP contribution in [-0.2, 0) is 27.3 Å². The summed E-state index contributed by atoms with van der Waals surface area (Å²) >= 11 is 0. The van der Waals surface area contributed by atoms with Gasteiger partial charge in [0.1, 0.15) is 0 Å². The number of nitrogens with one attached hydrogen (secondary N) is 2. The standard InChI is InChI=1S/C22H27FN6O3/c1-32-19(30)12-29-8-7-13-5-6-15(9-14(13)11-29)26-22-25-10-17(23)21(28-22)27-18-4-2-3-16(18)20(24)31/h5-6,9-10,16,18H,2-4,7-8,11-12H2,1H3,(H2,24,31)(H2,25,26,27,28). The third-order valence-electron chi connectivity index (χ3n) is 6.08. The molecule has 1 fully saturated rings. The van der Waals surface area contributed by atoms with Crippen molar-refractivity contribution in [2.45, 2.75) is 38.3 Å². The van der Waals surface area contributed by atoms with Gasteiger partial charge in [0.05, 0.1) is 25.8 Å². The van der Waals surface area contributed by atoms with E-state index in [2.05, 4.69) is 20.6 Å². The molecule has 2 unspecified atom stereocenters. The molecule has 2 aliphatic rings. The molecule has 0 saturated heterocycles. The topological polar surface area (TPSA) is 122 Å². The Hall–Kier alpha value is -3.27. The van der Waals surface area contributed by atoms with Crippen molar-refractivity contribution in [3.8, 4) is 0 Å². The molecule has 9 nitrogen and oxygen atoms in total. The van der Waals surface area contributed by atoms with Crippen molar-refractivity contribution < 1.29 is 18.7 Å². The molecular weight excluding hydrogens is 415 g/mol. The molecule has 1 aromatic heterocycles. The van der Waals surface area contributed by atoms with Crippen LogP contribution in [0.2, 0.25) is 0 Å². The first-order valence-electron chi connectivity index (χ1n) is 10.7. The number of aromatic nitrogens is 2. The fraction of sp³-hybridized carbons (Fsp3) is 0.455. The maximum Gasteiger partial charge on any atom is 0.319 e. The number of anilines is 3. The summed E-state index contributed by atoms with van der Waals surface area (Å²) < 4.78 is 19.1. The Labute approximate surface area is 185 Å². The van der Waals surface area contributed by atoms with Crippen LogP contribution in [0.3, 0.4) is 0 Å². The molecule has 1 amide bonds. The van der Waals surface area contributed by atoms with Gasteiger partial charge in [-0.1, -0.05) is 12.5 Å². The second kappa shape index (κ2) is 9.47. The number of halogens is 1. The monoisotopic (exact) mass is 442 g/mol. The van der Waals surface area contributed by atoms with E-state index in [1.807, 2.05) is 23.1 Å². The number of nitrogens with zero attached hydrogens (tertiary/aromatic N) is 3. The van der Waals surface area contributed by atoms with E-state index in [0.29, 0.717) is 13.0 Å². The number of carbonyl (C=O) groups excluding carboxylic acids is 2. The van der Waals surface area contributed by atoms with Gasteiger partial charge in [0.2, 0.25) is 11.9 Å². The molecule has 1 aliphatic carbocycles. The van der Waals surface area contributed by atoms with Crippen LogP contribution in [0.4, 0.5) is 21.8 Å². The zero-order chi connectivity index (χ0) is 22.7. The van der Waals surface area contributed by atoms with Gasteiger partial charge < -0.3 is 21.1 Å². The molecule has 4 rings (SSSR count). The SMILES string of the molecule is COC(=O)CN1CCc2ccc(Nc3ncc(F)c(NC4CCCC4C(N)=O)n3)cc2C1. The second-order valence-corrected chi connectivity index (χ2v) is 8.23. The quantitative estimate of drug-likeness (QED) is 0.556. The Kier molecular flexibility index (Phi) is 6.50. The lowest BCUT2D eigenvalue weighted by Gasteiger charge is -2.28. The zero-order valence-electron chi connectivity index (χ0n) is 17.9.